The molecule has 1 amide bonds. The zero-order valence-electron chi connectivity index (χ0n) is 11.8. The van der Waals surface area contributed by atoms with Gasteiger partial charge in [-0.3, -0.25) is 4.79 Å². The number of hydrogen-bond donors (Lipinski definition) is 1. The number of halogens is 2. The maximum Gasteiger partial charge on any atom is 0.222 e. The number of amides is 1. The second-order valence-corrected chi connectivity index (χ2v) is 8.34. The first-order valence-corrected chi connectivity index (χ1v) is 9.45. The molecule has 0 bridgehead atoms. The van der Waals surface area contributed by atoms with E-state index in [-0.39, 0.29) is 23.2 Å². The molecule has 2 rings (SSSR count). The Morgan fingerprint density at radius 3 is 2.64 bits per heavy atom. The molecular weight excluding hydrogens is 349 g/mol. The predicted molar refractivity (Wildman–Crippen MR) is 85.8 cm³/mol. The van der Waals surface area contributed by atoms with Crippen LogP contribution in [-0.4, -0.2) is 49.3 Å². The van der Waals surface area contributed by atoms with Gasteiger partial charge in [0.2, 0.25) is 5.91 Å². The summed E-state index contributed by atoms with van der Waals surface area (Å²) in [7, 11) is -3.54. The molecule has 0 aromatic heterocycles. The second-order valence-electron chi connectivity index (χ2n) is 5.39. The van der Waals surface area contributed by atoms with Crippen LogP contribution in [0.2, 0.25) is 10.0 Å². The Labute approximate surface area is 139 Å². The third-order valence-electron chi connectivity index (χ3n) is 3.44. The predicted octanol–water partition coefficient (Wildman–Crippen LogP) is 1.89. The Morgan fingerprint density at radius 2 is 2.05 bits per heavy atom. The van der Waals surface area contributed by atoms with E-state index < -0.39 is 21.7 Å². The fourth-order valence-corrected chi connectivity index (χ4v) is 4.52. The molecular formula is C14H17Cl2NO4S. The summed E-state index contributed by atoms with van der Waals surface area (Å²) in [6.07, 6.45) is 0.108. The summed E-state index contributed by atoms with van der Waals surface area (Å²) in [5.74, 6) is -0.721. The van der Waals surface area contributed by atoms with Crippen LogP contribution in [-0.2, 0) is 20.4 Å². The molecule has 22 heavy (non-hydrogen) atoms. The normalized spacial score (nSPS) is 17.0. The van der Waals surface area contributed by atoms with Crippen molar-refractivity contribution < 1.29 is 18.3 Å². The van der Waals surface area contributed by atoms with Crippen LogP contribution in [0.5, 0.6) is 0 Å². The van der Waals surface area contributed by atoms with Crippen molar-refractivity contribution in [3.63, 3.8) is 0 Å². The topological polar surface area (TPSA) is 74.7 Å². The minimum atomic E-state index is -3.54. The number of carbonyl (C=O) groups excluding carboxylic acids is 1. The average Bonchev–Trinajstić information content (AvgIpc) is 2.77. The highest BCUT2D eigenvalue weighted by atomic mass is 35.5. The van der Waals surface area contributed by atoms with Crippen LogP contribution in [0.3, 0.4) is 0 Å². The Morgan fingerprint density at radius 1 is 1.32 bits per heavy atom. The van der Waals surface area contributed by atoms with Crippen molar-refractivity contribution in [2.75, 3.05) is 18.8 Å². The first-order chi connectivity index (χ1) is 10.3. The van der Waals surface area contributed by atoms with Crippen LogP contribution < -0.4 is 0 Å². The van der Waals surface area contributed by atoms with E-state index >= 15 is 0 Å². The fourth-order valence-electron chi connectivity index (χ4n) is 2.43. The van der Waals surface area contributed by atoms with Crippen molar-refractivity contribution >= 4 is 38.9 Å². The van der Waals surface area contributed by atoms with Crippen LogP contribution in [0.25, 0.3) is 0 Å². The van der Waals surface area contributed by atoms with E-state index in [1.165, 1.54) is 11.0 Å². The molecule has 0 radical (unpaired) electrons. The quantitative estimate of drug-likeness (QED) is 0.835. The number of likely N-dealkylation sites (tertiary alicyclic amines) is 1. The molecule has 1 atom stereocenters. The lowest BCUT2D eigenvalue weighted by Gasteiger charge is -2.19. The highest BCUT2D eigenvalue weighted by molar-refractivity contribution is 7.90. The van der Waals surface area contributed by atoms with Crippen molar-refractivity contribution in [3.8, 4) is 0 Å². The van der Waals surface area contributed by atoms with E-state index in [1.54, 1.807) is 12.1 Å². The molecule has 0 saturated carbocycles. The van der Waals surface area contributed by atoms with Gasteiger partial charge in [0.05, 0.1) is 17.6 Å². The zero-order chi connectivity index (χ0) is 16.3. The van der Waals surface area contributed by atoms with Crippen LogP contribution in [0.15, 0.2) is 18.2 Å². The Kier molecular flexibility index (Phi) is 5.71. The summed E-state index contributed by atoms with van der Waals surface area (Å²) in [5.41, 5.74) is 0.440. The number of sulfone groups is 1. The van der Waals surface area contributed by atoms with Crippen LogP contribution in [0.4, 0.5) is 0 Å². The summed E-state index contributed by atoms with van der Waals surface area (Å²) >= 11 is 11.7. The van der Waals surface area contributed by atoms with Gasteiger partial charge in [-0.15, -0.1) is 0 Å². The molecule has 1 saturated heterocycles. The number of benzene rings is 1. The maximum absolute atomic E-state index is 12.1. The minimum Gasteiger partial charge on any atom is -0.390 e. The van der Waals surface area contributed by atoms with Crippen LogP contribution in [0, 0.1) is 0 Å². The molecule has 1 aliphatic heterocycles. The van der Waals surface area contributed by atoms with Gasteiger partial charge in [0.1, 0.15) is 0 Å². The molecule has 1 aromatic carbocycles. The first-order valence-electron chi connectivity index (χ1n) is 6.87. The van der Waals surface area contributed by atoms with Gasteiger partial charge < -0.3 is 10.0 Å². The lowest BCUT2D eigenvalue weighted by molar-refractivity contribution is -0.128. The molecule has 1 heterocycles. The van der Waals surface area contributed by atoms with Crippen molar-refractivity contribution in [3.05, 3.63) is 33.8 Å². The lowest BCUT2D eigenvalue weighted by atomic mass is 10.2. The molecule has 8 heteroatoms. The van der Waals surface area contributed by atoms with E-state index in [0.29, 0.717) is 23.6 Å². The third-order valence-corrected chi connectivity index (χ3v) is 5.67. The van der Waals surface area contributed by atoms with E-state index in [9.17, 15) is 18.3 Å². The lowest BCUT2D eigenvalue weighted by Crippen LogP contribution is -2.37. The summed E-state index contributed by atoms with van der Waals surface area (Å²) in [6, 6.07) is 4.60. The first kappa shape index (κ1) is 17.5. The molecule has 0 unspecified atom stereocenters. The Balaban J connectivity index is 1.96. The van der Waals surface area contributed by atoms with Gasteiger partial charge in [-0.05, 0) is 24.1 Å². The third kappa shape index (κ3) is 4.84. The van der Waals surface area contributed by atoms with Crippen LogP contribution >= 0.6 is 23.2 Å². The number of aliphatic hydroxyl groups excluding tert-OH is 1. The molecule has 1 aliphatic rings. The summed E-state index contributed by atoms with van der Waals surface area (Å²) in [6.45, 7) is 0.616. The van der Waals surface area contributed by atoms with Gasteiger partial charge >= 0.3 is 0 Å². The van der Waals surface area contributed by atoms with Gasteiger partial charge in [-0.1, -0.05) is 29.3 Å². The van der Waals surface area contributed by atoms with E-state index in [1.807, 2.05) is 0 Å². The number of nitrogens with zero attached hydrogens (tertiary/aromatic N) is 1. The Hall–Kier alpha value is -0.820. The fraction of sp³-hybridized carbons (Fsp3) is 0.500. The minimum absolute atomic E-state index is 0.0443. The number of β-amino-alcohol motifs (C(OH)–C–C–N with tert-alkyl or cyclic N) is 1. The molecule has 1 aromatic rings. The standard InChI is InChI=1S/C14H17Cl2NO4S/c15-11-4-3-10(13(16)6-11)8-22(20,21)9-12(18)7-17-5-1-2-14(17)19/h3-4,6,12,18H,1-2,5,7-9H2/t12-/m1/s1. The van der Waals surface area contributed by atoms with Crippen molar-refractivity contribution in [2.45, 2.75) is 24.7 Å². The largest absolute Gasteiger partial charge is 0.390 e. The molecule has 0 spiro atoms. The number of rotatable bonds is 6. The van der Waals surface area contributed by atoms with Crippen molar-refractivity contribution in [2.24, 2.45) is 0 Å². The van der Waals surface area contributed by atoms with Gasteiger partial charge in [-0.25, -0.2) is 8.42 Å². The van der Waals surface area contributed by atoms with E-state index in [4.69, 9.17) is 23.2 Å². The molecule has 5 nitrogen and oxygen atoms in total. The highest BCUT2D eigenvalue weighted by Gasteiger charge is 2.26. The van der Waals surface area contributed by atoms with Gasteiger partial charge in [0.15, 0.2) is 9.84 Å². The van der Waals surface area contributed by atoms with Crippen molar-refractivity contribution in [1.29, 1.82) is 0 Å². The number of hydrogen-bond acceptors (Lipinski definition) is 4. The van der Waals surface area contributed by atoms with Gasteiger partial charge in [-0.2, -0.15) is 0 Å². The van der Waals surface area contributed by atoms with Gasteiger partial charge in [0.25, 0.3) is 0 Å². The highest BCUT2D eigenvalue weighted by Crippen LogP contribution is 2.23. The van der Waals surface area contributed by atoms with E-state index in [2.05, 4.69) is 0 Å². The molecule has 1 N–H and O–H groups in total. The monoisotopic (exact) mass is 365 g/mol. The van der Waals surface area contributed by atoms with Gasteiger partial charge in [0, 0.05) is 29.6 Å². The average molecular weight is 366 g/mol. The van der Waals surface area contributed by atoms with E-state index in [0.717, 1.165) is 6.42 Å². The molecule has 122 valence electrons. The second kappa shape index (κ2) is 7.17. The maximum atomic E-state index is 12.1. The van der Waals surface area contributed by atoms with Crippen molar-refractivity contribution in [1.82, 2.24) is 4.90 Å². The molecule has 1 fully saturated rings. The number of aliphatic hydroxyl groups is 1. The smallest absolute Gasteiger partial charge is 0.222 e. The summed E-state index contributed by atoms with van der Waals surface area (Å²) in [4.78, 5) is 13.0. The Bertz CT molecular complexity index is 663. The van der Waals surface area contributed by atoms with Crippen LogP contribution in [0.1, 0.15) is 18.4 Å². The SMILES string of the molecule is O=C1CCCN1C[C@@H](O)CS(=O)(=O)Cc1ccc(Cl)cc1Cl. The molecule has 0 aliphatic carbocycles. The number of carbonyl (C=O) groups is 1. The zero-order valence-corrected chi connectivity index (χ0v) is 14.2. The summed E-state index contributed by atoms with van der Waals surface area (Å²) < 4.78 is 24.3. The summed E-state index contributed by atoms with van der Waals surface area (Å²) in [5, 5.41) is 10.6.